The van der Waals surface area contributed by atoms with Crippen molar-refractivity contribution >= 4 is 29.1 Å². The normalized spacial score (nSPS) is 18.3. The zero-order chi connectivity index (χ0) is 25.8. The van der Waals surface area contributed by atoms with Crippen LogP contribution in [0.25, 0.3) is 0 Å². The van der Waals surface area contributed by atoms with Gasteiger partial charge in [0.1, 0.15) is 0 Å². The lowest BCUT2D eigenvalue weighted by atomic mass is 9.84. The number of carbonyl (C=O) groups is 1. The highest BCUT2D eigenvalue weighted by Gasteiger charge is 2.34. The van der Waals surface area contributed by atoms with Crippen LogP contribution in [0, 0.1) is 0 Å². The van der Waals surface area contributed by atoms with Gasteiger partial charge in [0, 0.05) is 32.6 Å². The van der Waals surface area contributed by atoms with Crippen molar-refractivity contribution in [1.29, 1.82) is 0 Å². The number of amides is 1. The highest BCUT2D eigenvalue weighted by molar-refractivity contribution is 6.42. The van der Waals surface area contributed by atoms with Crippen LogP contribution in [-0.4, -0.2) is 47.0 Å². The second-order valence-corrected chi connectivity index (χ2v) is 11.3. The molecule has 0 spiro atoms. The van der Waals surface area contributed by atoms with Gasteiger partial charge in [0.05, 0.1) is 15.6 Å². The van der Waals surface area contributed by atoms with Gasteiger partial charge in [0.2, 0.25) is 5.91 Å². The van der Waals surface area contributed by atoms with E-state index in [2.05, 4.69) is 23.1 Å². The molecule has 1 saturated heterocycles. The smallest absolute Gasteiger partial charge is 0.223 e. The Bertz CT molecular complexity index is 1220. The van der Waals surface area contributed by atoms with Gasteiger partial charge in [-0.3, -0.25) is 4.79 Å². The Morgan fingerprint density at radius 3 is 2.32 bits per heavy atom. The largest absolute Gasteiger partial charge is 0.385 e. The first-order valence-electron chi connectivity index (χ1n) is 13.2. The first-order chi connectivity index (χ1) is 17.9. The number of piperidine rings is 1. The van der Waals surface area contributed by atoms with Gasteiger partial charge in [-0.15, -0.1) is 0 Å². The Hall–Kier alpha value is -2.37. The minimum absolute atomic E-state index is 0.0503. The number of fused-ring (bicyclic) bond motifs is 1. The molecule has 2 aliphatic rings. The Kier molecular flexibility index (Phi) is 8.21. The molecule has 1 N–H and O–H groups in total. The Morgan fingerprint density at radius 1 is 0.892 bits per heavy atom. The summed E-state index contributed by atoms with van der Waals surface area (Å²) in [7, 11) is 0. The summed E-state index contributed by atoms with van der Waals surface area (Å²) in [6.45, 7) is 3.96. The molecule has 0 radical (unpaired) electrons. The van der Waals surface area contributed by atoms with Crippen LogP contribution in [0.3, 0.4) is 0 Å². The third-order valence-corrected chi connectivity index (χ3v) is 8.85. The van der Waals surface area contributed by atoms with Gasteiger partial charge in [-0.05, 0) is 72.5 Å². The maximum Gasteiger partial charge on any atom is 0.223 e. The van der Waals surface area contributed by atoms with E-state index in [1.54, 1.807) is 0 Å². The lowest BCUT2D eigenvalue weighted by molar-refractivity contribution is -0.132. The average Bonchev–Trinajstić information content (AvgIpc) is 2.93. The van der Waals surface area contributed by atoms with E-state index in [1.807, 2.05) is 59.5 Å². The van der Waals surface area contributed by atoms with Crippen molar-refractivity contribution in [2.75, 3.05) is 26.2 Å². The van der Waals surface area contributed by atoms with Gasteiger partial charge in [-0.1, -0.05) is 83.9 Å². The maximum atomic E-state index is 13.5. The van der Waals surface area contributed by atoms with Crippen LogP contribution in [0.15, 0.2) is 72.8 Å². The van der Waals surface area contributed by atoms with Crippen LogP contribution < -0.4 is 0 Å². The lowest BCUT2D eigenvalue weighted by Gasteiger charge is -2.39. The monoisotopic (exact) mass is 536 g/mol. The Morgan fingerprint density at radius 2 is 1.59 bits per heavy atom. The number of carbonyl (C=O) groups excluding carboxylic acids is 1. The van der Waals surface area contributed by atoms with Gasteiger partial charge in [0.25, 0.3) is 0 Å². The molecule has 5 rings (SSSR count). The second kappa shape index (κ2) is 11.6. The number of hydrogen-bond donors (Lipinski definition) is 1. The van der Waals surface area contributed by atoms with Crippen LogP contribution >= 0.6 is 23.2 Å². The predicted octanol–water partition coefficient (Wildman–Crippen LogP) is 6.43. The lowest BCUT2D eigenvalue weighted by Crippen LogP contribution is -2.43. The molecule has 2 aliphatic heterocycles. The summed E-state index contributed by atoms with van der Waals surface area (Å²) in [6.07, 6.45) is 3.61. The van der Waals surface area contributed by atoms with Crippen LogP contribution in [0.2, 0.25) is 10.0 Å². The SMILES string of the molecule is O=C(CC(CCN1CCC(O)(c2ccccc2)CC1)c1ccc(Cl)c(Cl)c1)N1CCc2ccccc2C1. The summed E-state index contributed by atoms with van der Waals surface area (Å²) in [5, 5.41) is 12.3. The summed E-state index contributed by atoms with van der Waals surface area (Å²) in [5.74, 6) is 0.233. The molecule has 2 heterocycles. The second-order valence-electron chi connectivity index (χ2n) is 10.4. The minimum Gasteiger partial charge on any atom is -0.385 e. The van der Waals surface area contributed by atoms with E-state index in [4.69, 9.17) is 23.2 Å². The summed E-state index contributed by atoms with van der Waals surface area (Å²) in [4.78, 5) is 17.9. The molecular weight excluding hydrogens is 503 g/mol. The zero-order valence-electron chi connectivity index (χ0n) is 21.1. The van der Waals surface area contributed by atoms with Gasteiger partial charge >= 0.3 is 0 Å². The van der Waals surface area contributed by atoms with E-state index in [0.29, 0.717) is 35.9 Å². The van der Waals surface area contributed by atoms with Gasteiger partial charge in [0.15, 0.2) is 0 Å². The highest BCUT2D eigenvalue weighted by atomic mass is 35.5. The molecule has 1 unspecified atom stereocenters. The highest BCUT2D eigenvalue weighted by Crippen LogP contribution is 2.35. The van der Waals surface area contributed by atoms with Crippen molar-refractivity contribution in [2.24, 2.45) is 0 Å². The summed E-state index contributed by atoms with van der Waals surface area (Å²) < 4.78 is 0. The fraction of sp³-hybridized carbons (Fsp3) is 0.387. The first-order valence-corrected chi connectivity index (χ1v) is 14.0. The quantitative estimate of drug-likeness (QED) is 0.378. The van der Waals surface area contributed by atoms with Gasteiger partial charge in [-0.25, -0.2) is 0 Å². The molecule has 194 valence electrons. The Labute approximate surface area is 229 Å². The maximum absolute atomic E-state index is 13.5. The van der Waals surface area contributed by atoms with Crippen molar-refractivity contribution in [3.05, 3.63) is 105 Å². The molecule has 0 saturated carbocycles. The number of likely N-dealkylation sites (tertiary alicyclic amines) is 1. The molecule has 0 aliphatic carbocycles. The average molecular weight is 538 g/mol. The molecule has 37 heavy (non-hydrogen) atoms. The number of halogens is 2. The molecule has 1 atom stereocenters. The van der Waals surface area contributed by atoms with Crippen LogP contribution in [0.4, 0.5) is 0 Å². The minimum atomic E-state index is -0.763. The standard InChI is InChI=1S/C31H34Cl2N2O2/c32-28-11-10-24(20-29(28)33)25(21-30(36)35-17-13-23-6-4-5-7-26(23)22-35)12-16-34-18-14-31(37,15-19-34)27-8-2-1-3-9-27/h1-11,20,25,37H,12-19,21-22H2. The summed E-state index contributed by atoms with van der Waals surface area (Å²) in [6, 6.07) is 24.1. The van der Waals surface area contributed by atoms with Gasteiger partial charge in [-0.2, -0.15) is 0 Å². The number of nitrogens with zero attached hydrogens (tertiary/aromatic N) is 2. The van der Waals surface area contributed by atoms with Crippen molar-refractivity contribution in [3.8, 4) is 0 Å². The van der Waals surface area contributed by atoms with E-state index in [-0.39, 0.29) is 11.8 Å². The predicted molar refractivity (Wildman–Crippen MR) is 150 cm³/mol. The molecule has 3 aromatic rings. The molecular formula is C31H34Cl2N2O2. The number of benzene rings is 3. The number of hydrogen-bond acceptors (Lipinski definition) is 3. The molecule has 6 heteroatoms. The topological polar surface area (TPSA) is 43.8 Å². The van der Waals surface area contributed by atoms with E-state index in [1.165, 1.54) is 11.1 Å². The summed E-state index contributed by atoms with van der Waals surface area (Å²) in [5.41, 5.74) is 3.87. The molecule has 0 aromatic heterocycles. The van der Waals surface area contributed by atoms with Crippen LogP contribution in [0.1, 0.15) is 53.9 Å². The van der Waals surface area contributed by atoms with E-state index >= 15 is 0 Å². The van der Waals surface area contributed by atoms with Crippen LogP contribution in [0.5, 0.6) is 0 Å². The van der Waals surface area contributed by atoms with E-state index < -0.39 is 5.60 Å². The third-order valence-electron chi connectivity index (χ3n) is 8.11. The van der Waals surface area contributed by atoms with Crippen molar-refractivity contribution < 1.29 is 9.90 Å². The van der Waals surface area contributed by atoms with E-state index in [9.17, 15) is 9.90 Å². The van der Waals surface area contributed by atoms with Crippen molar-refractivity contribution in [3.63, 3.8) is 0 Å². The number of aliphatic hydroxyl groups is 1. The molecule has 3 aromatic carbocycles. The molecule has 0 bridgehead atoms. The summed E-state index contributed by atoms with van der Waals surface area (Å²) >= 11 is 12.6. The van der Waals surface area contributed by atoms with Crippen LogP contribution in [-0.2, 0) is 23.4 Å². The number of rotatable bonds is 7. The van der Waals surface area contributed by atoms with Crippen molar-refractivity contribution in [1.82, 2.24) is 9.80 Å². The fourth-order valence-electron chi connectivity index (χ4n) is 5.72. The molecule has 1 amide bonds. The zero-order valence-corrected chi connectivity index (χ0v) is 22.6. The fourth-order valence-corrected chi connectivity index (χ4v) is 6.03. The van der Waals surface area contributed by atoms with E-state index in [0.717, 1.165) is 50.1 Å². The first kappa shape index (κ1) is 26.2. The third kappa shape index (κ3) is 6.21. The van der Waals surface area contributed by atoms with Crippen molar-refractivity contribution in [2.45, 2.75) is 50.2 Å². The molecule has 1 fully saturated rings. The molecule has 4 nitrogen and oxygen atoms in total. The Balaban J connectivity index is 1.24. The van der Waals surface area contributed by atoms with Gasteiger partial charge < -0.3 is 14.9 Å².